The van der Waals surface area contributed by atoms with Crippen LogP contribution in [0.15, 0.2) is 41.3 Å². The second kappa shape index (κ2) is 12.4. The molecule has 0 atom stereocenters. The first kappa shape index (κ1) is 27.0. The number of rotatable bonds is 12. The molecule has 0 aliphatic heterocycles. The quantitative estimate of drug-likeness (QED) is 0.416. The van der Waals surface area contributed by atoms with Crippen LogP contribution in [-0.4, -0.2) is 54.3 Å². The van der Waals surface area contributed by atoms with E-state index in [4.69, 9.17) is 25.8 Å². The minimum absolute atomic E-state index is 0.0471. The highest BCUT2D eigenvalue weighted by Crippen LogP contribution is 2.33. The number of carbonyl (C=O) groups excluding carboxylic acids is 1. The second-order valence-corrected chi connectivity index (χ2v) is 10.4. The number of methoxy groups -OCH3 is 2. The van der Waals surface area contributed by atoms with Crippen molar-refractivity contribution in [3.63, 3.8) is 0 Å². The molecule has 0 bridgehead atoms. The third-order valence-corrected chi connectivity index (χ3v) is 7.78. The number of sulfonamides is 1. The van der Waals surface area contributed by atoms with E-state index in [0.717, 1.165) is 29.3 Å². The molecule has 2 aromatic carbocycles. The van der Waals surface area contributed by atoms with Crippen molar-refractivity contribution >= 4 is 33.2 Å². The maximum Gasteiger partial charge on any atom is 0.264 e. The molecule has 1 fully saturated rings. The van der Waals surface area contributed by atoms with E-state index < -0.39 is 28.3 Å². The summed E-state index contributed by atoms with van der Waals surface area (Å²) in [5.41, 5.74) is 0.0471. The predicted molar refractivity (Wildman–Crippen MR) is 131 cm³/mol. The topological polar surface area (TPSA) is 94.2 Å². The molecule has 11 heteroatoms. The molecule has 0 aromatic heterocycles. The van der Waals surface area contributed by atoms with Gasteiger partial charge < -0.3 is 19.5 Å². The summed E-state index contributed by atoms with van der Waals surface area (Å²) < 4.78 is 57.9. The van der Waals surface area contributed by atoms with Gasteiger partial charge in [0.1, 0.15) is 12.4 Å². The molecular formula is C24H30ClFN2O6S. The van der Waals surface area contributed by atoms with Crippen molar-refractivity contribution in [1.29, 1.82) is 0 Å². The standard InChI is InChI=1S/C24H30ClFN2O6S/c1-32-22-11-9-19(15-23(22)33-2)35(30,31)28(17-8-10-21(26)20(25)14-17)16-24(29)27-12-5-13-34-18-6-3-4-7-18/h8-11,14-15,18H,3-7,12-13,16H2,1-2H3,(H,27,29). The van der Waals surface area contributed by atoms with Crippen LogP contribution >= 0.6 is 11.6 Å². The lowest BCUT2D eigenvalue weighted by Gasteiger charge is -2.25. The van der Waals surface area contributed by atoms with E-state index in [9.17, 15) is 17.6 Å². The third kappa shape index (κ3) is 6.99. The smallest absolute Gasteiger partial charge is 0.264 e. The fourth-order valence-electron chi connectivity index (χ4n) is 3.85. The first-order valence-electron chi connectivity index (χ1n) is 11.3. The van der Waals surface area contributed by atoms with E-state index in [1.807, 2.05) is 0 Å². The SMILES string of the molecule is COc1ccc(S(=O)(=O)N(CC(=O)NCCCOC2CCCC2)c2ccc(F)c(Cl)c2)cc1OC. The molecule has 1 amide bonds. The molecule has 8 nitrogen and oxygen atoms in total. The van der Waals surface area contributed by atoms with Gasteiger partial charge in [0.05, 0.1) is 35.9 Å². The van der Waals surface area contributed by atoms with Crippen molar-refractivity contribution < 1.29 is 31.8 Å². The Kier molecular flexibility index (Phi) is 9.59. The Morgan fingerprint density at radius 1 is 1.11 bits per heavy atom. The normalized spacial score (nSPS) is 14.1. The van der Waals surface area contributed by atoms with Crippen molar-refractivity contribution in [1.82, 2.24) is 5.32 Å². The second-order valence-electron chi connectivity index (χ2n) is 8.11. The van der Waals surface area contributed by atoms with Crippen LogP contribution in [0.25, 0.3) is 0 Å². The molecule has 35 heavy (non-hydrogen) atoms. The fraction of sp³-hybridized carbons (Fsp3) is 0.458. The van der Waals surface area contributed by atoms with Crippen molar-refractivity contribution in [2.24, 2.45) is 0 Å². The number of nitrogens with zero attached hydrogens (tertiary/aromatic N) is 1. The van der Waals surface area contributed by atoms with Gasteiger partial charge in [-0.15, -0.1) is 0 Å². The van der Waals surface area contributed by atoms with Gasteiger partial charge in [-0.3, -0.25) is 9.10 Å². The molecule has 0 heterocycles. The van der Waals surface area contributed by atoms with E-state index in [1.165, 1.54) is 51.3 Å². The Morgan fingerprint density at radius 2 is 1.83 bits per heavy atom. The molecule has 0 unspecified atom stereocenters. The van der Waals surface area contributed by atoms with Crippen LogP contribution in [0.5, 0.6) is 11.5 Å². The molecule has 0 radical (unpaired) electrons. The van der Waals surface area contributed by atoms with Gasteiger partial charge in [0.25, 0.3) is 10.0 Å². The van der Waals surface area contributed by atoms with Gasteiger partial charge in [-0.1, -0.05) is 24.4 Å². The molecule has 1 aliphatic rings. The van der Waals surface area contributed by atoms with Crippen LogP contribution in [0.4, 0.5) is 10.1 Å². The minimum atomic E-state index is -4.25. The zero-order chi connectivity index (χ0) is 25.4. The third-order valence-electron chi connectivity index (χ3n) is 5.72. The van der Waals surface area contributed by atoms with Crippen molar-refractivity contribution in [3.8, 4) is 11.5 Å². The summed E-state index contributed by atoms with van der Waals surface area (Å²) in [6.07, 6.45) is 5.38. The van der Waals surface area contributed by atoms with Gasteiger partial charge in [-0.05, 0) is 49.6 Å². The number of hydrogen-bond acceptors (Lipinski definition) is 6. The zero-order valence-corrected chi connectivity index (χ0v) is 21.3. The van der Waals surface area contributed by atoms with Crippen molar-refractivity contribution in [2.45, 2.75) is 43.1 Å². The first-order chi connectivity index (χ1) is 16.8. The number of halogens is 2. The van der Waals surface area contributed by atoms with E-state index in [0.29, 0.717) is 25.3 Å². The maximum atomic E-state index is 13.8. The molecule has 2 aromatic rings. The highest BCUT2D eigenvalue weighted by Gasteiger charge is 2.29. The summed E-state index contributed by atoms with van der Waals surface area (Å²) in [5, 5.41) is 2.46. The number of carbonyl (C=O) groups is 1. The molecule has 1 saturated carbocycles. The number of ether oxygens (including phenoxy) is 3. The minimum Gasteiger partial charge on any atom is -0.493 e. The lowest BCUT2D eigenvalue weighted by Crippen LogP contribution is -2.41. The van der Waals surface area contributed by atoms with Crippen LogP contribution in [0.3, 0.4) is 0 Å². The number of benzene rings is 2. The van der Waals surface area contributed by atoms with Gasteiger partial charge in [0, 0.05) is 19.2 Å². The Hall–Kier alpha value is -2.56. The number of anilines is 1. The molecular weight excluding hydrogens is 499 g/mol. The van der Waals surface area contributed by atoms with Gasteiger partial charge in [-0.2, -0.15) is 0 Å². The molecule has 0 spiro atoms. The summed E-state index contributed by atoms with van der Waals surface area (Å²) in [6.45, 7) is 0.328. The van der Waals surface area contributed by atoms with E-state index in [-0.39, 0.29) is 27.5 Å². The van der Waals surface area contributed by atoms with Gasteiger partial charge in [0.15, 0.2) is 11.5 Å². The Balaban J connectivity index is 1.76. The van der Waals surface area contributed by atoms with Crippen LogP contribution in [-0.2, 0) is 19.6 Å². The Labute approximate surface area is 210 Å². The summed E-state index contributed by atoms with van der Waals surface area (Å²) in [7, 11) is -1.43. The number of nitrogens with one attached hydrogen (secondary N) is 1. The molecule has 192 valence electrons. The fourth-order valence-corrected chi connectivity index (χ4v) is 5.45. The predicted octanol–water partition coefficient (Wildman–Crippen LogP) is 4.16. The Bertz CT molecular complexity index is 1120. The van der Waals surface area contributed by atoms with E-state index in [2.05, 4.69) is 5.32 Å². The molecule has 1 N–H and O–H groups in total. The Morgan fingerprint density at radius 3 is 2.49 bits per heavy atom. The summed E-state index contributed by atoms with van der Waals surface area (Å²) in [4.78, 5) is 12.6. The molecule has 1 aliphatic carbocycles. The average molecular weight is 529 g/mol. The summed E-state index contributed by atoms with van der Waals surface area (Å²) >= 11 is 5.90. The molecule has 3 rings (SSSR count). The first-order valence-corrected chi connectivity index (χ1v) is 13.2. The number of hydrogen-bond donors (Lipinski definition) is 1. The average Bonchev–Trinajstić information content (AvgIpc) is 3.37. The maximum absolute atomic E-state index is 13.8. The molecule has 0 saturated heterocycles. The van der Waals surface area contributed by atoms with Crippen molar-refractivity contribution in [3.05, 3.63) is 47.2 Å². The van der Waals surface area contributed by atoms with Crippen molar-refractivity contribution in [2.75, 3.05) is 38.2 Å². The highest BCUT2D eigenvalue weighted by molar-refractivity contribution is 7.92. The zero-order valence-electron chi connectivity index (χ0n) is 19.8. The number of amides is 1. The lowest BCUT2D eigenvalue weighted by molar-refractivity contribution is -0.119. The van der Waals surface area contributed by atoms with E-state index >= 15 is 0 Å². The van der Waals surface area contributed by atoms with Gasteiger partial charge in [-0.25, -0.2) is 12.8 Å². The van der Waals surface area contributed by atoms with Crippen LogP contribution in [0.1, 0.15) is 32.1 Å². The highest BCUT2D eigenvalue weighted by atomic mass is 35.5. The van der Waals surface area contributed by atoms with Crippen LogP contribution in [0, 0.1) is 5.82 Å². The van der Waals surface area contributed by atoms with Gasteiger partial charge >= 0.3 is 0 Å². The summed E-state index contributed by atoms with van der Waals surface area (Å²) in [6, 6.07) is 7.55. The monoisotopic (exact) mass is 528 g/mol. The summed E-state index contributed by atoms with van der Waals surface area (Å²) in [5.74, 6) is -0.668. The largest absolute Gasteiger partial charge is 0.493 e. The van der Waals surface area contributed by atoms with E-state index in [1.54, 1.807) is 0 Å². The van der Waals surface area contributed by atoms with Gasteiger partial charge in [0.2, 0.25) is 5.91 Å². The van der Waals surface area contributed by atoms with Crippen LogP contribution < -0.4 is 19.1 Å². The lowest BCUT2D eigenvalue weighted by atomic mass is 10.3. The van der Waals surface area contributed by atoms with Crippen LogP contribution in [0.2, 0.25) is 5.02 Å².